The molecule has 0 spiro atoms. The molecule has 1 N–H and O–H groups in total. The zero-order valence-electron chi connectivity index (χ0n) is 8.83. The second-order valence-corrected chi connectivity index (χ2v) is 3.36. The van der Waals surface area contributed by atoms with E-state index in [1.807, 2.05) is 12.4 Å². The van der Waals surface area contributed by atoms with Gasteiger partial charge in [-0.2, -0.15) is 5.10 Å². The maximum atomic E-state index is 11.9. The summed E-state index contributed by atoms with van der Waals surface area (Å²) in [6.45, 7) is 5.49. The van der Waals surface area contributed by atoms with Crippen LogP contribution in [0.2, 0.25) is 0 Å². The number of aromatic nitrogens is 2. The van der Waals surface area contributed by atoms with Gasteiger partial charge in [0.1, 0.15) is 0 Å². The van der Waals surface area contributed by atoms with E-state index in [1.165, 1.54) is 0 Å². The second-order valence-electron chi connectivity index (χ2n) is 3.36. The van der Waals surface area contributed by atoms with Crippen molar-refractivity contribution in [2.75, 3.05) is 13.2 Å². The smallest absolute Gasteiger partial charge is 0.0912 e. The van der Waals surface area contributed by atoms with E-state index >= 15 is 0 Å². The molecule has 0 radical (unpaired) electrons. The molecule has 0 amide bonds. The summed E-state index contributed by atoms with van der Waals surface area (Å²) in [5.41, 5.74) is 1.16. The molecule has 1 aromatic heterocycles. The van der Waals surface area contributed by atoms with Crippen molar-refractivity contribution in [3.63, 3.8) is 0 Å². The molecule has 1 atom stereocenters. The second kappa shape index (κ2) is 5.75. The van der Waals surface area contributed by atoms with Crippen LogP contribution in [0.3, 0.4) is 0 Å². The van der Waals surface area contributed by atoms with Gasteiger partial charge < -0.3 is 5.32 Å². The number of nitrogens with one attached hydrogen (secondary N) is 1. The Morgan fingerprint density at radius 2 is 2.43 bits per heavy atom. The van der Waals surface area contributed by atoms with E-state index in [9.17, 15) is 4.39 Å². The zero-order chi connectivity index (χ0) is 10.4. The lowest BCUT2D eigenvalue weighted by atomic mass is 10.2. The van der Waals surface area contributed by atoms with Crippen LogP contribution in [0, 0.1) is 0 Å². The van der Waals surface area contributed by atoms with Gasteiger partial charge in [0.2, 0.25) is 0 Å². The summed E-state index contributed by atoms with van der Waals surface area (Å²) in [7, 11) is 0. The molecule has 0 saturated heterocycles. The fraction of sp³-hybridized carbons (Fsp3) is 0.700. The standard InChI is InChI=1S/C10H18FN3/c1-3-12-9(2)10-7-13-14(8-10)6-4-5-11/h7-9,12H,3-6H2,1-2H3. The van der Waals surface area contributed by atoms with Crippen molar-refractivity contribution >= 4 is 0 Å². The lowest BCUT2D eigenvalue weighted by Gasteiger charge is -2.08. The highest BCUT2D eigenvalue weighted by Gasteiger charge is 2.05. The number of aryl methyl sites for hydroxylation is 1. The molecule has 0 bridgehead atoms. The summed E-state index contributed by atoms with van der Waals surface area (Å²) in [4.78, 5) is 0. The quantitative estimate of drug-likeness (QED) is 0.758. The highest BCUT2D eigenvalue weighted by atomic mass is 19.1. The van der Waals surface area contributed by atoms with E-state index in [0.717, 1.165) is 12.1 Å². The number of hydrogen-bond acceptors (Lipinski definition) is 2. The summed E-state index contributed by atoms with van der Waals surface area (Å²) in [5, 5.41) is 7.47. The van der Waals surface area contributed by atoms with Gasteiger partial charge in [-0.05, 0) is 19.9 Å². The minimum Gasteiger partial charge on any atom is -0.310 e. The normalized spacial score (nSPS) is 13.1. The molecule has 80 valence electrons. The molecule has 1 heterocycles. The number of nitrogens with zero attached hydrogens (tertiary/aromatic N) is 2. The van der Waals surface area contributed by atoms with Gasteiger partial charge in [0.15, 0.2) is 0 Å². The summed E-state index contributed by atoms with van der Waals surface area (Å²) in [6, 6.07) is 0.319. The molecule has 0 aliphatic carbocycles. The van der Waals surface area contributed by atoms with Gasteiger partial charge in [-0.3, -0.25) is 9.07 Å². The Bertz CT molecular complexity index is 260. The number of rotatable bonds is 6. The van der Waals surface area contributed by atoms with E-state index < -0.39 is 0 Å². The molecule has 0 saturated carbocycles. The Hall–Kier alpha value is -0.900. The zero-order valence-corrected chi connectivity index (χ0v) is 8.83. The average Bonchev–Trinajstić information content (AvgIpc) is 2.63. The van der Waals surface area contributed by atoms with Crippen LogP contribution in [0.1, 0.15) is 31.9 Å². The monoisotopic (exact) mass is 199 g/mol. The van der Waals surface area contributed by atoms with Crippen molar-refractivity contribution in [2.45, 2.75) is 32.9 Å². The third kappa shape index (κ3) is 3.10. The first-order chi connectivity index (χ1) is 6.77. The van der Waals surface area contributed by atoms with Crippen LogP contribution >= 0.6 is 0 Å². The number of halogens is 1. The van der Waals surface area contributed by atoms with Crippen molar-refractivity contribution in [2.24, 2.45) is 0 Å². The molecule has 4 heteroatoms. The Labute approximate surface area is 84.3 Å². The van der Waals surface area contributed by atoms with Crippen LogP contribution < -0.4 is 5.32 Å². The maximum absolute atomic E-state index is 11.9. The fourth-order valence-corrected chi connectivity index (χ4v) is 1.37. The average molecular weight is 199 g/mol. The Morgan fingerprint density at radius 1 is 1.64 bits per heavy atom. The minimum atomic E-state index is -0.280. The first-order valence-electron chi connectivity index (χ1n) is 5.09. The lowest BCUT2D eigenvalue weighted by molar-refractivity contribution is 0.434. The third-order valence-corrected chi connectivity index (χ3v) is 2.18. The van der Waals surface area contributed by atoms with Crippen molar-refractivity contribution in [1.82, 2.24) is 15.1 Å². The lowest BCUT2D eigenvalue weighted by Crippen LogP contribution is -2.17. The van der Waals surface area contributed by atoms with Crippen LogP contribution in [-0.2, 0) is 6.54 Å². The predicted octanol–water partition coefficient (Wildman–Crippen LogP) is 1.91. The molecule has 1 aromatic rings. The summed E-state index contributed by atoms with van der Waals surface area (Å²) >= 11 is 0. The van der Waals surface area contributed by atoms with Gasteiger partial charge >= 0.3 is 0 Å². The Kier molecular flexibility index (Phi) is 4.59. The third-order valence-electron chi connectivity index (χ3n) is 2.18. The van der Waals surface area contributed by atoms with Crippen LogP contribution in [0.25, 0.3) is 0 Å². The first-order valence-corrected chi connectivity index (χ1v) is 5.09. The van der Waals surface area contributed by atoms with Gasteiger partial charge in [-0.15, -0.1) is 0 Å². The molecule has 0 aliphatic heterocycles. The van der Waals surface area contributed by atoms with E-state index in [4.69, 9.17) is 0 Å². The Balaban J connectivity index is 2.49. The molecule has 0 fully saturated rings. The molecule has 14 heavy (non-hydrogen) atoms. The van der Waals surface area contributed by atoms with Crippen LogP contribution in [0.5, 0.6) is 0 Å². The molecular formula is C10H18FN3. The molecule has 0 aromatic carbocycles. The van der Waals surface area contributed by atoms with E-state index in [2.05, 4.69) is 24.3 Å². The van der Waals surface area contributed by atoms with Gasteiger partial charge in [0, 0.05) is 24.3 Å². The fourth-order valence-electron chi connectivity index (χ4n) is 1.37. The van der Waals surface area contributed by atoms with Gasteiger partial charge in [-0.1, -0.05) is 6.92 Å². The van der Waals surface area contributed by atoms with Crippen LogP contribution in [-0.4, -0.2) is 23.0 Å². The molecular weight excluding hydrogens is 181 g/mol. The molecule has 1 unspecified atom stereocenters. The number of hydrogen-bond donors (Lipinski definition) is 1. The molecule has 3 nitrogen and oxygen atoms in total. The maximum Gasteiger partial charge on any atom is 0.0912 e. The Morgan fingerprint density at radius 3 is 3.07 bits per heavy atom. The first kappa shape index (κ1) is 11.2. The summed E-state index contributed by atoms with van der Waals surface area (Å²) in [5.74, 6) is 0. The highest BCUT2D eigenvalue weighted by Crippen LogP contribution is 2.10. The topological polar surface area (TPSA) is 29.9 Å². The van der Waals surface area contributed by atoms with Gasteiger partial charge in [0.05, 0.1) is 12.9 Å². The van der Waals surface area contributed by atoms with Gasteiger partial charge in [-0.25, -0.2) is 0 Å². The van der Waals surface area contributed by atoms with Crippen molar-refractivity contribution in [3.8, 4) is 0 Å². The van der Waals surface area contributed by atoms with Crippen molar-refractivity contribution in [3.05, 3.63) is 18.0 Å². The van der Waals surface area contributed by atoms with Crippen LogP contribution in [0.15, 0.2) is 12.4 Å². The molecule has 0 aliphatic rings. The largest absolute Gasteiger partial charge is 0.310 e. The van der Waals surface area contributed by atoms with Crippen LogP contribution in [0.4, 0.5) is 4.39 Å². The summed E-state index contributed by atoms with van der Waals surface area (Å²) < 4.78 is 13.7. The highest BCUT2D eigenvalue weighted by molar-refractivity contribution is 5.08. The predicted molar refractivity (Wildman–Crippen MR) is 54.9 cm³/mol. The van der Waals surface area contributed by atoms with E-state index in [1.54, 1.807) is 4.68 Å². The minimum absolute atomic E-state index is 0.280. The molecule has 1 rings (SSSR count). The van der Waals surface area contributed by atoms with Crippen molar-refractivity contribution < 1.29 is 4.39 Å². The van der Waals surface area contributed by atoms with Gasteiger partial charge in [0.25, 0.3) is 0 Å². The summed E-state index contributed by atoms with van der Waals surface area (Å²) in [6.07, 6.45) is 4.35. The van der Waals surface area contributed by atoms with Crippen molar-refractivity contribution in [1.29, 1.82) is 0 Å². The van der Waals surface area contributed by atoms with E-state index in [-0.39, 0.29) is 6.67 Å². The van der Waals surface area contributed by atoms with E-state index in [0.29, 0.717) is 19.0 Å². The number of alkyl halides is 1. The SMILES string of the molecule is CCNC(C)c1cnn(CCCF)c1.